The largest absolute Gasteiger partial charge is 0.369 e. The van der Waals surface area contributed by atoms with Gasteiger partial charge in [0.1, 0.15) is 0 Å². The number of para-hydroxylation sites is 2. The van der Waals surface area contributed by atoms with Gasteiger partial charge in [-0.05, 0) is 43.0 Å². The van der Waals surface area contributed by atoms with Crippen LogP contribution in [0.1, 0.15) is 17.5 Å². The Morgan fingerprint density at radius 1 is 1.18 bits per heavy atom. The first-order chi connectivity index (χ1) is 13.7. The smallest absolute Gasteiger partial charge is 0.191 e. The topological polar surface area (TPSA) is 55.5 Å². The van der Waals surface area contributed by atoms with Crippen LogP contribution < -0.4 is 15.5 Å². The van der Waals surface area contributed by atoms with Crippen molar-refractivity contribution in [1.82, 2.24) is 15.6 Å². The Kier molecular flexibility index (Phi) is 5.51. The summed E-state index contributed by atoms with van der Waals surface area (Å²) in [6, 6.07) is 17.5. The molecule has 1 saturated heterocycles. The molecule has 5 nitrogen and oxygen atoms in total. The first kappa shape index (κ1) is 18.4. The maximum atomic E-state index is 4.41. The number of anilines is 1. The Bertz CT molecular complexity index is 944. The van der Waals surface area contributed by atoms with E-state index in [2.05, 4.69) is 87.2 Å². The fraction of sp³-hybridized carbons (Fsp3) is 0.348. The fourth-order valence-electron chi connectivity index (χ4n) is 4.03. The highest BCUT2D eigenvalue weighted by Crippen LogP contribution is 2.21. The van der Waals surface area contributed by atoms with Gasteiger partial charge in [0.2, 0.25) is 0 Å². The first-order valence-corrected chi connectivity index (χ1v) is 10.1. The molecule has 0 aliphatic carbocycles. The van der Waals surface area contributed by atoms with Gasteiger partial charge in [-0.3, -0.25) is 4.99 Å². The van der Waals surface area contributed by atoms with Gasteiger partial charge in [0, 0.05) is 55.5 Å². The molecular weight excluding hydrogens is 346 g/mol. The molecule has 1 aliphatic rings. The lowest BCUT2D eigenvalue weighted by Gasteiger charge is -2.20. The van der Waals surface area contributed by atoms with E-state index in [1.165, 1.54) is 27.7 Å². The monoisotopic (exact) mass is 375 g/mol. The van der Waals surface area contributed by atoms with Gasteiger partial charge in [0.25, 0.3) is 0 Å². The van der Waals surface area contributed by atoms with Crippen molar-refractivity contribution < 1.29 is 0 Å². The molecule has 1 unspecified atom stereocenters. The van der Waals surface area contributed by atoms with E-state index in [1.807, 2.05) is 7.05 Å². The number of aliphatic imine (C=N–C) groups is 1. The second-order valence-corrected chi connectivity index (χ2v) is 7.47. The van der Waals surface area contributed by atoms with Crippen molar-refractivity contribution in [2.45, 2.75) is 25.8 Å². The average molecular weight is 376 g/mol. The van der Waals surface area contributed by atoms with Crippen molar-refractivity contribution in [3.63, 3.8) is 0 Å². The van der Waals surface area contributed by atoms with Gasteiger partial charge in [0.05, 0.1) is 0 Å². The zero-order valence-corrected chi connectivity index (χ0v) is 16.7. The highest BCUT2D eigenvalue weighted by molar-refractivity contribution is 5.86. The zero-order chi connectivity index (χ0) is 19.3. The van der Waals surface area contributed by atoms with Crippen LogP contribution in [0.15, 0.2) is 59.7 Å². The molecule has 0 amide bonds. The number of benzene rings is 2. The van der Waals surface area contributed by atoms with Crippen molar-refractivity contribution in [1.29, 1.82) is 0 Å². The van der Waals surface area contributed by atoms with E-state index >= 15 is 0 Å². The zero-order valence-electron chi connectivity index (χ0n) is 16.7. The van der Waals surface area contributed by atoms with Crippen LogP contribution in [0.25, 0.3) is 10.9 Å². The Hall–Kier alpha value is -2.95. The molecule has 1 aromatic heterocycles. The number of fused-ring (bicyclic) bond motifs is 1. The predicted octanol–water partition coefficient (Wildman–Crippen LogP) is 3.46. The number of nitrogens with zero attached hydrogens (tertiary/aromatic N) is 2. The molecule has 2 aromatic carbocycles. The minimum absolute atomic E-state index is 0.419. The van der Waals surface area contributed by atoms with Gasteiger partial charge >= 0.3 is 0 Å². The minimum atomic E-state index is 0.419. The van der Waals surface area contributed by atoms with Crippen LogP contribution in [-0.4, -0.2) is 43.7 Å². The van der Waals surface area contributed by atoms with E-state index < -0.39 is 0 Å². The van der Waals surface area contributed by atoms with Crippen LogP contribution in [0.3, 0.4) is 0 Å². The summed E-state index contributed by atoms with van der Waals surface area (Å²) in [7, 11) is 1.84. The number of aromatic amines is 1. The van der Waals surface area contributed by atoms with E-state index in [0.717, 1.165) is 38.4 Å². The lowest BCUT2D eigenvalue weighted by molar-refractivity contribution is 0.648. The van der Waals surface area contributed by atoms with E-state index in [4.69, 9.17) is 0 Å². The maximum Gasteiger partial charge on any atom is 0.191 e. The van der Waals surface area contributed by atoms with Crippen molar-refractivity contribution >= 4 is 22.5 Å². The van der Waals surface area contributed by atoms with Crippen LogP contribution in [0, 0.1) is 6.92 Å². The standard InChI is InChI=1S/C23H29N5/c1-17-7-6-10-21-18(15-26-22(17)21)11-13-25-23(24-2)27-19-12-14-28(16-19)20-8-4-3-5-9-20/h3-10,15,19,26H,11-14,16H2,1-2H3,(H2,24,25,27). The third-order valence-electron chi connectivity index (χ3n) is 5.57. The van der Waals surface area contributed by atoms with Crippen molar-refractivity contribution in [2.24, 2.45) is 4.99 Å². The van der Waals surface area contributed by atoms with E-state index in [1.54, 1.807) is 0 Å². The molecule has 0 bridgehead atoms. The van der Waals surface area contributed by atoms with Gasteiger partial charge in [-0.1, -0.05) is 36.4 Å². The number of guanidine groups is 1. The number of aryl methyl sites for hydroxylation is 1. The number of hydrogen-bond donors (Lipinski definition) is 3. The molecular formula is C23H29N5. The molecule has 146 valence electrons. The molecule has 4 rings (SSSR count). The van der Waals surface area contributed by atoms with Gasteiger partial charge in [-0.2, -0.15) is 0 Å². The molecule has 0 spiro atoms. The summed E-state index contributed by atoms with van der Waals surface area (Å²) < 4.78 is 0. The Balaban J connectivity index is 1.29. The number of nitrogens with one attached hydrogen (secondary N) is 3. The summed E-state index contributed by atoms with van der Waals surface area (Å²) in [5.74, 6) is 0.885. The van der Waals surface area contributed by atoms with Gasteiger partial charge in [0.15, 0.2) is 5.96 Å². The van der Waals surface area contributed by atoms with Gasteiger partial charge < -0.3 is 20.5 Å². The van der Waals surface area contributed by atoms with Crippen LogP contribution in [0.2, 0.25) is 0 Å². The maximum absolute atomic E-state index is 4.41. The summed E-state index contributed by atoms with van der Waals surface area (Å²) in [5.41, 5.74) is 5.17. The molecule has 3 N–H and O–H groups in total. The normalized spacial score (nSPS) is 17.3. The first-order valence-electron chi connectivity index (χ1n) is 10.1. The van der Waals surface area contributed by atoms with Crippen LogP contribution in [0.5, 0.6) is 0 Å². The second kappa shape index (κ2) is 8.38. The van der Waals surface area contributed by atoms with Gasteiger partial charge in [-0.25, -0.2) is 0 Å². The van der Waals surface area contributed by atoms with Crippen molar-refractivity contribution in [3.8, 4) is 0 Å². The molecule has 1 aliphatic heterocycles. The predicted molar refractivity (Wildman–Crippen MR) is 118 cm³/mol. The SMILES string of the molecule is CN=C(NCCc1c[nH]c2c(C)cccc12)NC1CCN(c2ccccc2)C1. The average Bonchev–Trinajstić information content (AvgIpc) is 3.36. The fourth-order valence-corrected chi connectivity index (χ4v) is 4.03. The van der Waals surface area contributed by atoms with Crippen molar-refractivity contribution in [2.75, 3.05) is 31.6 Å². The van der Waals surface area contributed by atoms with Crippen LogP contribution in [-0.2, 0) is 6.42 Å². The third-order valence-corrected chi connectivity index (χ3v) is 5.57. The molecule has 28 heavy (non-hydrogen) atoms. The quantitative estimate of drug-likeness (QED) is 0.473. The Morgan fingerprint density at radius 3 is 2.86 bits per heavy atom. The van der Waals surface area contributed by atoms with Crippen LogP contribution >= 0.6 is 0 Å². The molecule has 1 fully saturated rings. The summed E-state index contributed by atoms with van der Waals surface area (Å²) in [4.78, 5) is 10.3. The number of H-pyrrole nitrogens is 1. The summed E-state index contributed by atoms with van der Waals surface area (Å²) in [5, 5.41) is 8.37. The van der Waals surface area contributed by atoms with Gasteiger partial charge in [-0.15, -0.1) is 0 Å². The highest BCUT2D eigenvalue weighted by atomic mass is 15.2. The lowest BCUT2D eigenvalue weighted by Crippen LogP contribution is -2.45. The van der Waals surface area contributed by atoms with Crippen LogP contribution in [0.4, 0.5) is 5.69 Å². The Morgan fingerprint density at radius 2 is 2.04 bits per heavy atom. The molecule has 5 heteroatoms. The number of hydrogen-bond acceptors (Lipinski definition) is 2. The third kappa shape index (κ3) is 3.98. The van der Waals surface area contributed by atoms with Crippen molar-refractivity contribution in [3.05, 3.63) is 65.9 Å². The summed E-state index contributed by atoms with van der Waals surface area (Å²) in [6.45, 7) is 5.09. The highest BCUT2D eigenvalue weighted by Gasteiger charge is 2.23. The lowest BCUT2D eigenvalue weighted by atomic mass is 10.1. The van der Waals surface area contributed by atoms with E-state index in [0.29, 0.717) is 6.04 Å². The molecule has 2 heterocycles. The molecule has 0 radical (unpaired) electrons. The second-order valence-electron chi connectivity index (χ2n) is 7.47. The van der Waals surface area contributed by atoms with E-state index in [9.17, 15) is 0 Å². The Labute approximate surface area is 166 Å². The van der Waals surface area contributed by atoms with E-state index in [-0.39, 0.29) is 0 Å². The summed E-state index contributed by atoms with van der Waals surface area (Å²) in [6.07, 6.45) is 4.21. The minimum Gasteiger partial charge on any atom is -0.369 e. The molecule has 1 atom stereocenters. The number of aromatic nitrogens is 1. The number of rotatable bonds is 5. The molecule has 3 aromatic rings. The summed E-state index contributed by atoms with van der Waals surface area (Å²) >= 11 is 0. The molecule has 0 saturated carbocycles.